The highest BCUT2D eigenvalue weighted by Crippen LogP contribution is 2.45. The first-order chi connectivity index (χ1) is 16.2. The average Bonchev–Trinajstić information content (AvgIpc) is 2.81. The standard InChI is InChI=1S/C28H30FNO4/c1-18(2)32-25-23-16-22(30-17-19-10-12-21(29)13-11-19)14-15-24(23)34-28(3,4)26(25)33-27(31)20-8-6-5-7-9-20/h5-16,18,25-26,30H,17H2,1-4H3. The Morgan fingerprint density at radius 3 is 2.44 bits per heavy atom. The number of fused-ring (bicyclic) bond motifs is 1. The average molecular weight is 464 g/mol. The number of carbonyl (C=O) groups excluding carboxylic acids is 1. The lowest BCUT2D eigenvalue weighted by atomic mass is 9.87. The van der Waals surface area contributed by atoms with E-state index in [9.17, 15) is 9.18 Å². The van der Waals surface area contributed by atoms with Crippen LogP contribution in [0, 0.1) is 5.82 Å². The van der Waals surface area contributed by atoms with Crippen LogP contribution in [0.5, 0.6) is 5.75 Å². The molecule has 1 N–H and O–H groups in total. The summed E-state index contributed by atoms with van der Waals surface area (Å²) in [5, 5.41) is 3.37. The van der Waals surface area contributed by atoms with Gasteiger partial charge in [-0.25, -0.2) is 9.18 Å². The third-order valence-corrected chi connectivity index (χ3v) is 5.72. The molecule has 4 rings (SSSR count). The van der Waals surface area contributed by atoms with E-state index in [1.54, 1.807) is 36.4 Å². The van der Waals surface area contributed by atoms with Crippen molar-refractivity contribution < 1.29 is 23.4 Å². The Bertz CT molecular complexity index is 1130. The van der Waals surface area contributed by atoms with Gasteiger partial charge in [-0.15, -0.1) is 0 Å². The molecule has 0 saturated heterocycles. The maximum Gasteiger partial charge on any atom is 0.338 e. The van der Waals surface area contributed by atoms with E-state index in [0.29, 0.717) is 17.9 Å². The summed E-state index contributed by atoms with van der Waals surface area (Å²) in [6, 6.07) is 21.1. The first-order valence-corrected chi connectivity index (χ1v) is 11.5. The summed E-state index contributed by atoms with van der Waals surface area (Å²) >= 11 is 0. The van der Waals surface area contributed by atoms with Gasteiger partial charge in [-0.05, 0) is 75.7 Å². The molecule has 1 heterocycles. The van der Waals surface area contributed by atoms with Crippen LogP contribution in [0.4, 0.5) is 10.1 Å². The van der Waals surface area contributed by atoms with Gasteiger partial charge in [0.05, 0.1) is 11.7 Å². The van der Waals surface area contributed by atoms with E-state index in [4.69, 9.17) is 14.2 Å². The molecule has 2 unspecified atom stereocenters. The van der Waals surface area contributed by atoms with Crippen molar-refractivity contribution in [3.63, 3.8) is 0 Å². The van der Waals surface area contributed by atoms with Gasteiger partial charge in [0, 0.05) is 17.8 Å². The summed E-state index contributed by atoms with van der Waals surface area (Å²) < 4.78 is 31.8. The molecular weight excluding hydrogens is 433 g/mol. The number of benzene rings is 3. The van der Waals surface area contributed by atoms with Crippen LogP contribution >= 0.6 is 0 Å². The summed E-state index contributed by atoms with van der Waals surface area (Å²) in [7, 11) is 0. The van der Waals surface area contributed by atoms with Crippen LogP contribution in [0.3, 0.4) is 0 Å². The van der Waals surface area contributed by atoms with Crippen molar-refractivity contribution in [1.82, 2.24) is 0 Å². The summed E-state index contributed by atoms with van der Waals surface area (Å²) in [6.45, 7) is 8.24. The quantitative estimate of drug-likeness (QED) is 0.417. The molecule has 1 aliphatic heterocycles. The van der Waals surface area contributed by atoms with Crippen molar-refractivity contribution in [1.29, 1.82) is 0 Å². The fourth-order valence-electron chi connectivity index (χ4n) is 4.05. The van der Waals surface area contributed by atoms with Gasteiger partial charge in [-0.2, -0.15) is 0 Å². The molecule has 0 aromatic heterocycles. The maximum absolute atomic E-state index is 13.2. The fraction of sp³-hybridized carbons (Fsp3) is 0.321. The summed E-state index contributed by atoms with van der Waals surface area (Å²) in [5.41, 5.74) is 2.29. The van der Waals surface area contributed by atoms with E-state index in [1.165, 1.54) is 12.1 Å². The Morgan fingerprint density at radius 1 is 1.06 bits per heavy atom. The van der Waals surface area contributed by atoms with Crippen LogP contribution in [-0.2, 0) is 16.0 Å². The zero-order valence-electron chi connectivity index (χ0n) is 19.9. The van der Waals surface area contributed by atoms with Crippen LogP contribution < -0.4 is 10.1 Å². The van der Waals surface area contributed by atoms with Crippen molar-refractivity contribution >= 4 is 11.7 Å². The van der Waals surface area contributed by atoms with Crippen molar-refractivity contribution in [3.8, 4) is 5.75 Å². The van der Waals surface area contributed by atoms with E-state index < -0.39 is 23.8 Å². The first kappa shape index (κ1) is 23.8. The molecule has 178 valence electrons. The lowest BCUT2D eigenvalue weighted by molar-refractivity contribution is -0.151. The number of anilines is 1. The first-order valence-electron chi connectivity index (χ1n) is 11.5. The highest BCUT2D eigenvalue weighted by Gasteiger charge is 2.48. The van der Waals surface area contributed by atoms with Crippen molar-refractivity contribution in [2.45, 2.75) is 58.2 Å². The number of ether oxygens (including phenoxy) is 3. The van der Waals surface area contributed by atoms with E-state index >= 15 is 0 Å². The zero-order chi connectivity index (χ0) is 24.3. The van der Waals surface area contributed by atoms with Gasteiger partial charge in [-0.3, -0.25) is 0 Å². The fourth-order valence-corrected chi connectivity index (χ4v) is 4.05. The molecule has 2 atom stereocenters. The Balaban J connectivity index is 1.62. The Kier molecular flexibility index (Phi) is 6.89. The second-order valence-electron chi connectivity index (χ2n) is 9.24. The minimum atomic E-state index is -0.806. The van der Waals surface area contributed by atoms with Crippen LogP contribution in [-0.4, -0.2) is 23.8 Å². The molecule has 0 spiro atoms. The third kappa shape index (κ3) is 5.39. The van der Waals surface area contributed by atoms with Crippen molar-refractivity contribution in [2.24, 2.45) is 0 Å². The van der Waals surface area contributed by atoms with E-state index in [1.807, 2.05) is 52.0 Å². The van der Waals surface area contributed by atoms with Gasteiger partial charge in [-0.1, -0.05) is 30.3 Å². The summed E-state index contributed by atoms with van der Waals surface area (Å²) in [5.74, 6) is 0.00530. The lowest BCUT2D eigenvalue weighted by Crippen LogP contribution is -2.52. The molecule has 6 heteroatoms. The highest BCUT2D eigenvalue weighted by molar-refractivity contribution is 5.89. The molecule has 0 fully saturated rings. The number of nitrogens with one attached hydrogen (secondary N) is 1. The smallest absolute Gasteiger partial charge is 0.338 e. The van der Waals surface area contributed by atoms with Gasteiger partial charge in [0.25, 0.3) is 0 Å². The van der Waals surface area contributed by atoms with Crippen LogP contribution in [0.1, 0.15) is 55.3 Å². The molecule has 3 aromatic rings. The lowest BCUT2D eigenvalue weighted by Gasteiger charge is -2.44. The molecule has 0 amide bonds. The van der Waals surface area contributed by atoms with E-state index in [0.717, 1.165) is 16.8 Å². The van der Waals surface area contributed by atoms with Gasteiger partial charge in [0.2, 0.25) is 0 Å². The Labute approximate surface area is 199 Å². The molecular formula is C28H30FNO4. The Morgan fingerprint density at radius 2 is 1.76 bits per heavy atom. The van der Waals surface area contributed by atoms with Crippen molar-refractivity contribution in [3.05, 3.63) is 95.3 Å². The minimum Gasteiger partial charge on any atom is -0.483 e. The SMILES string of the molecule is CC(C)OC1c2cc(NCc3ccc(F)cc3)ccc2OC(C)(C)C1OC(=O)c1ccccc1. The molecule has 0 aliphatic carbocycles. The van der Waals surface area contributed by atoms with Gasteiger partial charge in [0.15, 0.2) is 6.10 Å². The molecule has 1 aliphatic rings. The van der Waals surface area contributed by atoms with Crippen LogP contribution in [0.25, 0.3) is 0 Å². The van der Waals surface area contributed by atoms with Crippen LogP contribution in [0.2, 0.25) is 0 Å². The van der Waals surface area contributed by atoms with Gasteiger partial charge in [0.1, 0.15) is 23.3 Å². The van der Waals surface area contributed by atoms with E-state index in [-0.39, 0.29) is 11.9 Å². The Hall–Kier alpha value is -3.38. The third-order valence-electron chi connectivity index (χ3n) is 5.72. The second kappa shape index (κ2) is 9.85. The summed E-state index contributed by atoms with van der Waals surface area (Å²) in [4.78, 5) is 12.9. The molecule has 5 nitrogen and oxygen atoms in total. The molecule has 34 heavy (non-hydrogen) atoms. The molecule has 0 radical (unpaired) electrons. The predicted octanol–water partition coefficient (Wildman–Crippen LogP) is 6.30. The molecule has 0 bridgehead atoms. The number of carbonyl (C=O) groups is 1. The summed E-state index contributed by atoms with van der Waals surface area (Å²) in [6.07, 6.45) is -1.28. The normalized spacial score (nSPS) is 18.6. The zero-order valence-corrected chi connectivity index (χ0v) is 19.9. The van der Waals surface area contributed by atoms with Gasteiger partial charge >= 0.3 is 5.97 Å². The van der Waals surface area contributed by atoms with E-state index in [2.05, 4.69) is 5.32 Å². The second-order valence-corrected chi connectivity index (χ2v) is 9.24. The topological polar surface area (TPSA) is 56.8 Å². The number of hydrogen-bond donors (Lipinski definition) is 1. The monoisotopic (exact) mass is 463 g/mol. The predicted molar refractivity (Wildman–Crippen MR) is 129 cm³/mol. The molecule has 0 saturated carbocycles. The molecule has 3 aromatic carbocycles. The highest BCUT2D eigenvalue weighted by atomic mass is 19.1. The number of esters is 1. The van der Waals surface area contributed by atoms with Crippen molar-refractivity contribution in [2.75, 3.05) is 5.32 Å². The van der Waals surface area contributed by atoms with Gasteiger partial charge < -0.3 is 19.5 Å². The maximum atomic E-state index is 13.2. The minimum absolute atomic E-state index is 0.0968. The number of halogens is 1. The number of rotatable bonds is 7. The van der Waals surface area contributed by atoms with Crippen LogP contribution in [0.15, 0.2) is 72.8 Å². The number of hydrogen-bond acceptors (Lipinski definition) is 5. The largest absolute Gasteiger partial charge is 0.483 e.